The minimum Gasteiger partial charge on any atom is -0.458 e. The van der Waals surface area contributed by atoms with Gasteiger partial charge in [-0.25, -0.2) is 9.78 Å². The van der Waals surface area contributed by atoms with Crippen LogP contribution in [0.1, 0.15) is 67.0 Å². The monoisotopic (exact) mass is 295 g/mol. The Kier molecular flexibility index (Phi) is 4.36. The van der Waals surface area contributed by atoms with Gasteiger partial charge in [0.1, 0.15) is 17.2 Å². The van der Waals surface area contributed by atoms with Gasteiger partial charge in [-0.05, 0) is 38.0 Å². The second kappa shape index (κ2) is 6.22. The minimum absolute atomic E-state index is 0.0686. The molecule has 0 amide bonds. The molecule has 20 heavy (non-hydrogen) atoms. The van der Waals surface area contributed by atoms with Crippen LogP contribution in [0.2, 0.25) is 0 Å². The normalized spacial score (nSPS) is 30.4. The highest BCUT2D eigenvalue weighted by atomic mass is 32.1. The summed E-state index contributed by atoms with van der Waals surface area (Å²) in [6.45, 7) is 3.02. The molecule has 0 radical (unpaired) electrons. The number of hydrogen-bond acceptors (Lipinski definition) is 5. The molecule has 2 heterocycles. The quantitative estimate of drug-likeness (QED) is 0.797. The fraction of sp³-hybridized carbons (Fsp3) is 0.733. The molecule has 4 nitrogen and oxygen atoms in total. The Balaban J connectivity index is 1.59. The van der Waals surface area contributed by atoms with Gasteiger partial charge >= 0.3 is 5.97 Å². The molecule has 0 N–H and O–H groups in total. The lowest BCUT2D eigenvalue weighted by molar-refractivity contribution is 0.0149. The van der Waals surface area contributed by atoms with Crippen molar-refractivity contribution in [1.29, 1.82) is 0 Å². The Morgan fingerprint density at radius 2 is 2.30 bits per heavy atom. The van der Waals surface area contributed by atoms with Crippen molar-refractivity contribution in [1.82, 2.24) is 4.98 Å². The maximum absolute atomic E-state index is 12.1. The van der Waals surface area contributed by atoms with E-state index in [0.29, 0.717) is 11.6 Å². The van der Waals surface area contributed by atoms with E-state index in [0.717, 1.165) is 43.7 Å². The van der Waals surface area contributed by atoms with Gasteiger partial charge in [0.15, 0.2) is 5.69 Å². The Hall–Kier alpha value is -0.940. The third-order valence-electron chi connectivity index (χ3n) is 4.10. The molecule has 0 spiro atoms. The van der Waals surface area contributed by atoms with E-state index in [1.807, 2.05) is 0 Å². The van der Waals surface area contributed by atoms with Crippen molar-refractivity contribution in [2.24, 2.45) is 5.92 Å². The Morgan fingerprint density at radius 3 is 3.05 bits per heavy atom. The summed E-state index contributed by atoms with van der Waals surface area (Å²) in [4.78, 5) is 16.5. The number of esters is 1. The van der Waals surface area contributed by atoms with Crippen molar-refractivity contribution in [3.05, 3.63) is 16.1 Å². The van der Waals surface area contributed by atoms with E-state index in [2.05, 4.69) is 11.9 Å². The van der Waals surface area contributed by atoms with Gasteiger partial charge in [-0.1, -0.05) is 13.3 Å². The van der Waals surface area contributed by atoms with Crippen LogP contribution in [-0.4, -0.2) is 23.7 Å². The van der Waals surface area contributed by atoms with Crippen LogP contribution in [0.4, 0.5) is 0 Å². The molecule has 110 valence electrons. The molecule has 1 saturated carbocycles. The van der Waals surface area contributed by atoms with E-state index in [4.69, 9.17) is 9.47 Å². The van der Waals surface area contributed by atoms with E-state index < -0.39 is 0 Å². The molecule has 3 rings (SSSR count). The van der Waals surface area contributed by atoms with Crippen LogP contribution in [0.5, 0.6) is 0 Å². The Labute approximate surface area is 123 Å². The summed E-state index contributed by atoms with van der Waals surface area (Å²) in [6.07, 6.45) is 6.58. The van der Waals surface area contributed by atoms with Crippen LogP contribution in [0.15, 0.2) is 5.38 Å². The molecular weight excluding hydrogens is 274 g/mol. The van der Waals surface area contributed by atoms with Gasteiger partial charge in [-0.15, -0.1) is 11.3 Å². The largest absolute Gasteiger partial charge is 0.458 e. The highest BCUT2D eigenvalue weighted by molar-refractivity contribution is 7.09. The van der Waals surface area contributed by atoms with E-state index in [1.54, 1.807) is 5.38 Å². The summed E-state index contributed by atoms with van der Waals surface area (Å²) in [5.41, 5.74) is 0.443. The summed E-state index contributed by atoms with van der Waals surface area (Å²) in [5.74, 6) is 0.379. The zero-order valence-corrected chi connectivity index (χ0v) is 12.7. The van der Waals surface area contributed by atoms with Crippen LogP contribution in [0.25, 0.3) is 0 Å². The van der Waals surface area contributed by atoms with Crippen LogP contribution < -0.4 is 0 Å². The lowest BCUT2D eigenvalue weighted by Crippen LogP contribution is -2.24. The first-order valence-electron chi connectivity index (χ1n) is 7.50. The summed E-state index contributed by atoms with van der Waals surface area (Å²) in [7, 11) is 0. The summed E-state index contributed by atoms with van der Waals surface area (Å²) < 4.78 is 11.2. The minimum atomic E-state index is -0.274. The second-order valence-electron chi connectivity index (χ2n) is 5.87. The highest BCUT2D eigenvalue weighted by Crippen LogP contribution is 2.31. The van der Waals surface area contributed by atoms with Gasteiger partial charge in [0, 0.05) is 12.0 Å². The first-order chi connectivity index (χ1) is 9.72. The first-order valence-corrected chi connectivity index (χ1v) is 8.38. The molecule has 0 aromatic carbocycles. The number of aromatic nitrogens is 1. The Morgan fingerprint density at radius 1 is 1.40 bits per heavy atom. The van der Waals surface area contributed by atoms with E-state index >= 15 is 0 Å². The third kappa shape index (κ3) is 3.20. The molecule has 3 atom stereocenters. The zero-order valence-electron chi connectivity index (χ0n) is 11.8. The number of carbonyl (C=O) groups is 1. The number of rotatable bonds is 3. The van der Waals surface area contributed by atoms with Crippen LogP contribution in [-0.2, 0) is 9.47 Å². The number of nitrogens with zero attached hydrogens (tertiary/aromatic N) is 1. The lowest BCUT2D eigenvalue weighted by Gasteiger charge is -2.26. The molecular formula is C15H21NO3S. The fourth-order valence-corrected chi connectivity index (χ4v) is 3.87. The molecule has 1 aliphatic carbocycles. The van der Waals surface area contributed by atoms with E-state index in [1.165, 1.54) is 17.8 Å². The van der Waals surface area contributed by atoms with E-state index in [-0.39, 0.29) is 18.2 Å². The van der Waals surface area contributed by atoms with Crippen molar-refractivity contribution >= 4 is 17.3 Å². The highest BCUT2D eigenvalue weighted by Gasteiger charge is 2.26. The van der Waals surface area contributed by atoms with Gasteiger partial charge in [-0.2, -0.15) is 0 Å². The number of hydrogen-bond donors (Lipinski definition) is 0. The molecule has 2 aliphatic rings. The molecule has 0 bridgehead atoms. The van der Waals surface area contributed by atoms with Gasteiger partial charge in [0.2, 0.25) is 0 Å². The topological polar surface area (TPSA) is 48.4 Å². The predicted molar refractivity (Wildman–Crippen MR) is 76.9 cm³/mol. The maximum Gasteiger partial charge on any atom is 0.358 e. The Bertz CT molecular complexity index is 467. The van der Waals surface area contributed by atoms with E-state index in [9.17, 15) is 4.79 Å². The second-order valence-corrected chi connectivity index (χ2v) is 6.76. The van der Waals surface area contributed by atoms with Crippen molar-refractivity contribution < 1.29 is 14.3 Å². The van der Waals surface area contributed by atoms with Crippen molar-refractivity contribution in [2.45, 2.75) is 57.7 Å². The molecule has 1 saturated heterocycles. The van der Waals surface area contributed by atoms with Crippen LogP contribution in [0, 0.1) is 5.92 Å². The number of thiazole rings is 1. The number of carbonyl (C=O) groups excluding carboxylic acids is 1. The van der Waals surface area contributed by atoms with Crippen molar-refractivity contribution in [2.75, 3.05) is 6.61 Å². The fourth-order valence-electron chi connectivity index (χ4n) is 3.00. The average molecular weight is 295 g/mol. The predicted octanol–water partition coefficient (Wildman–Crippen LogP) is 3.73. The van der Waals surface area contributed by atoms with Crippen molar-refractivity contribution in [3.8, 4) is 0 Å². The smallest absolute Gasteiger partial charge is 0.358 e. The molecule has 2 fully saturated rings. The van der Waals surface area contributed by atoms with Gasteiger partial charge in [-0.3, -0.25) is 0 Å². The maximum atomic E-state index is 12.1. The molecule has 5 heteroatoms. The average Bonchev–Trinajstić information content (AvgIpc) is 3.10. The first kappa shape index (κ1) is 14.0. The standard InChI is InChI=1S/C15H21NO3S/c1-10-4-2-5-11(8-10)19-15(17)12-9-20-14(16-12)13-6-3-7-18-13/h9-11,13H,2-8H2,1H3/t10-,11-,13+/m1/s1. The van der Waals surface area contributed by atoms with Gasteiger partial charge in [0.25, 0.3) is 0 Å². The van der Waals surface area contributed by atoms with Gasteiger partial charge < -0.3 is 9.47 Å². The van der Waals surface area contributed by atoms with Crippen LogP contribution in [0.3, 0.4) is 0 Å². The van der Waals surface area contributed by atoms with Gasteiger partial charge in [0.05, 0.1) is 0 Å². The third-order valence-corrected chi connectivity index (χ3v) is 5.03. The summed E-state index contributed by atoms with van der Waals surface area (Å²) >= 11 is 1.50. The van der Waals surface area contributed by atoms with Crippen LogP contribution >= 0.6 is 11.3 Å². The lowest BCUT2D eigenvalue weighted by atomic mass is 9.89. The summed E-state index contributed by atoms with van der Waals surface area (Å²) in [5, 5.41) is 2.71. The zero-order chi connectivity index (χ0) is 13.9. The molecule has 0 unspecified atom stereocenters. The molecule has 1 aromatic heterocycles. The van der Waals surface area contributed by atoms with Crippen molar-refractivity contribution in [3.63, 3.8) is 0 Å². The molecule has 1 aliphatic heterocycles. The summed E-state index contributed by atoms with van der Waals surface area (Å²) in [6, 6.07) is 0. The molecule has 1 aromatic rings. The number of ether oxygens (including phenoxy) is 2. The SMILES string of the molecule is C[C@@H]1CCC[C@@H](OC(=O)c2csc([C@@H]3CCCO3)n2)C1.